The van der Waals surface area contributed by atoms with Gasteiger partial charge >= 0.3 is 0 Å². The van der Waals surface area contributed by atoms with Crippen molar-refractivity contribution in [2.75, 3.05) is 6.54 Å². The quantitative estimate of drug-likeness (QED) is 0.842. The standard InChI is InChI=1S/C18H24FNO/c1-13-8-9-15(19)11-14(13)12-20-10-4-6-17(20)16-5-2-3-7-18(16)21/h8-9,11,16-17H,2-7,10,12H2,1H3. The third kappa shape index (κ3) is 3.18. The Hall–Kier alpha value is -1.22. The third-order valence-electron chi connectivity index (χ3n) is 5.17. The van der Waals surface area contributed by atoms with Crippen LogP contribution in [0.3, 0.4) is 0 Å². The minimum Gasteiger partial charge on any atom is -0.299 e. The summed E-state index contributed by atoms with van der Waals surface area (Å²) in [5.41, 5.74) is 2.20. The maximum Gasteiger partial charge on any atom is 0.137 e. The zero-order chi connectivity index (χ0) is 14.8. The van der Waals surface area contributed by atoms with E-state index in [1.165, 1.54) is 12.5 Å². The Morgan fingerprint density at radius 2 is 2.10 bits per heavy atom. The molecule has 1 heterocycles. The van der Waals surface area contributed by atoms with Crippen molar-refractivity contribution in [3.05, 3.63) is 35.1 Å². The molecular weight excluding hydrogens is 265 g/mol. The molecule has 1 saturated heterocycles. The Morgan fingerprint density at radius 3 is 2.90 bits per heavy atom. The zero-order valence-electron chi connectivity index (χ0n) is 12.8. The average Bonchev–Trinajstić information content (AvgIpc) is 2.91. The third-order valence-corrected chi connectivity index (χ3v) is 5.17. The molecule has 21 heavy (non-hydrogen) atoms. The SMILES string of the molecule is Cc1ccc(F)cc1CN1CCCC1C1CCCCC1=O. The van der Waals surface area contributed by atoms with Crippen LogP contribution in [0.25, 0.3) is 0 Å². The van der Waals surface area contributed by atoms with Crippen LogP contribution in [0.1, 0.15) is 49.7 Å². The summed E-state index contributed by atoms with van der Waals surface area (Å²) in [5.74, 6) is 0.504. The van der Waals surface area contributed by atoms with Gasteiger partial charge in [-0.2, -0.15) is 0 Å². The highest BCUT2D eigenvalue weighted by molar-refractivity contribution is 5.82. The first-order valence-electron chi connectivity index (χ1n) is 8.17. The van der Waals surface area contributed by atoms with Crippen molar-refractivity contribution < 1.29 is 9.18 Å². The molecule has 0 amide bonds. The molecule has 2 unspecified atom stereocenters. The normalized spacial score (nSPS) is 27.2. The fourth-order valence-electron chi connectivity index (χ4n) is 3.95. The number of ketones is 1. The van der Waals surface area contributed by atoms with Crippen LogP contribution in [0.2, 0.25) is 0 Å². The molecule has 0 spiro atoms. The lowest BCUT2D eigenvalue weighted by Gasteiger charge is -2.33. The van der Waals surface area contributed by atoms with Gasteiger partial charge in [0.15, 0.2) is 0 Å². The van der Waals surface area contributed by atoms with E-state index in [4.69, 9.17) is 0 Å². The van der Waals surface area contributed by atoms with E-state index in [1.54, 1.807) is 6.07 Å². The first-order valence-corrected chi connectivity index (χ1v) is 8.17. The minimum absolute atomic E-state index is 0.167. The van der Waals surface area contributed by atoms with Crippen LogP contribution in [0.5, 0.6) is 0 Å². The summed E-state index contributed by atoms with van der Waals surface area (Å²) in [7, 11) is 0. The predicted molar refractivity (Wildman–Crippen MR) is 81.5 cm³/mol. The molecule has 114 valence electrons. The van der Waals surface area contributed by atoms with Crippen LogP contribution in [0, 0.1) is 18.7 Å². The van der Waals surface area contributed by atoms with Crippen molar-refractivity contribution in [1.29, 1.82) is 0 Å². The molecule has 2 atom stereocenters. The summed E-state index contributed by atoms with van der Waals surface area (Å²) >= 11 is 0. The number of nitrogens with zero attached hydrogens (tertiary/aromatic N) is 1. The van der Waals surface area contributed by atoms with Gasteiger partial charge in [-0.15, -0.1) is 0 Å². The van der Waals surface area contributed by atoms with Crippen LogP contribution < -0.4 is 0 Å². The van der Waals surface area contributed by atoms with Crippen LogP contribution in [0.15, 0.2) is 18.2 Å². The predicted octanol–water partition coefficient (Wildman–Crippen LogP) is 3.86. The van der Waals surface area contributed by atoms with Gasteiger partial charge in [0.25, 0.3) is 0 Å². The van der Waals surface area contributed by atoms with E-state index in [0.29, 0.717) is 11.8 Å². The number of carbonyl (C=O) groups is 1. The fraction of sp³-hybridized carbons (Fsp3) is 0.611. The molecule has 3 rings (SSSR count). The van der Waals surface area contributed by atoms with Gasteiger partial charge in [0, 0.05) is 24.9 Å². The molecule has 0 aromatic heterocycles. The molecular formula is C18H24FNO. The number of likely N-dealkylation sites (tertiary alicyclic amines) is 1. The summed E-state index contributed by atoms with van der Waals surface area (Å²) in [6.07, 6.45) is 6.31. The highest BCUT2D eigenvalue weighted by Gasteiger charge is 2.36. The Kier molecular flexibility index (Phi) is 4.39. The lowest BCUT2D eigenvalue weighted by atomic mass is 9.81. The summed E-state index contributed by atoms with van der Waals surface area (Å²) < 4.78 is 13.5. The Labute approximate surface area is 126 Å². The molecule has 2 fully saturated rings. The monoisotopic (exact) mass is 289 g/mol. The molecule has 0 N–H and O–H groups in total. The molecule has 1 aromatic rings. The Bertz CT molecular complexity index is 528. The molecule has 2 nitrogen and oxygen atoms in total. The van der Waals surface area contributed by atoms with Gasteiger partial charge in [0.2, 0.25) is 0 Å². The van der Waals surface area contributed by atoms with Crippen molar-refractivity contribution in [3.63, 3.8) is 0 Å². The van der Waals surface area contributed by atoms with E-state index >= 15 is 0 Å². The van der Waals surface area contributed by atoms with E-state index in [2.05, 4.69) is 4.90 Å². The number of hydrogen-bond donors (Lipinski definition) is 0. The van der Waals surface area contributed by atoms with Crippen molar-refractivity contribution >= 4 is 5.78 Å². The maximum absolute atomic E-state index is 13.5. The summed E-state index contributed by atoms with van der Waals surface area (Å²) in [6, 6.07) is 5.39. The molecule has 1 saturated carbocycles. The average molecular weight is 289 g/mol. The van der Waals surface area contributed by atoms with Gasteiger partial charge in [0.05, 0.1) is 0 Å². The van der Waals surface area contributed by atoms with Crippen LogP contribution in [-0.2, 0) is 11.3 Å². The maximum atomic E-state index is 13.5. The van der Waals surface area contributed by atoms with Crippen LogP contribution >= 0.6 is 0 Å². The van der Waals surface area contributed by atoms with Crippen LogP contribution in [0.4, 0.5) is 4.39 Å². The molecule has 1 aliphatic carbocycles. The molecule has 2 aliphatic rings. The number of hydrogen-bond acceptors (Lipinski definition) is 2. The molecule has 3 heteroatoms. The lowest BCUT2D eigenvalue weighted by molar-refractivity contribution is -0.126. The van der Waals surface area contributed by atoms with Crippen molar-refractivity contribution in [3.8, 4) is 0 Å². The van der Waals surface area contributed by atoms with Crippen LogP contribution in [-0.4, -0.2) is 23.3 Å². The number of rotatable bonds is 3. The van der Waals surface area contributed by atoms with Crippen molar-refractivity contribution in [2.45, 2.75) is 58.0 Å². The second kappa shape index (κ2) is 6.27. The van der Waals surface area contributed by atoms with Gasteiger partial charge in [-0.3, -0.25) is 9.69 Å². The first kappa shape index (κ1) is 14.7. The smallest absolute Gasteiger partial charge is 0.137 e. The van der Waals surface area contributed by atoms with Gasteiger partial charge in [-0.1, -0.05) is 12.5 Å². The van der Waals surface area contributed by atoms with Gasteiger partial charge in [0.1, 0.15) is 11.6 Å². The van der Waals surface area contributed by atoms with Crippen molar-refractivity contribution in [2.24, 2.45) is 5.92 Å². The summed E-state index contributed by atoms with van der Waals surface area (Å²) in [5, 5.41) is 0. The molecule has 0 bridgehead atoms. The van der Waals surface area contributed by atoms with E-state index in [-0.39, 0.29) is 11.7 Å². The van der Waals surface area contributed by atoms with Crippen molar-refractivity contribution in [1.82, 2.24) is 4.90 Å². The molecule has 1 aromatic carbocycles. The van der Waals surface area contributed by atoms with Gasteiger partial charge < -0.3 is 0 Å². The number of benzene rings is 1. The minimum atomic E-state index is -0.167. The molecule has 1 aliphatic heterocycles. The van der Waals surface area contributed by atoms with E-state index < -0.39 is 0 Å². The summed E-state index contributed by atoms with van der Waals surface area (Å²) in [6.45, 7) is 3.84. The topological polar surface area (TPSA) is 20.3 Å². The number of Topliss-reactive ketones (excluding diaryl/α,β-unsaturated/α-hetero) is 1. The Morgan fingerprint density at radius 1 is 1.24 bits per heavy atom. The lowest BCUT2D eigenvalue weighted by Crippen LogP contribution is -2.40. The van der Waals surface area contributed by atoms with E-state index in [9.17, 15) is 9.18 Å². The Balaban J connectivity index is 1.74. The first-order chi connectivity index (χ1) is 10.1. The number of halogens is 1. The van der Waals surface area contributed by atoms with Gasteiger partial charge in [-0.25, -0.2) is 4.39 Å². The number of carbonyl (C=O) groups excluding carboxylic acids is 1. The zero-order valence-corrected chi connectivity index (χ0v) is 12.8. The second-order valence-electron chi connectivity index (χ2n) is 6.57. The second-order valence-corrected chi connectivity index (χ2v) is 6.57. The summed E-state index contributed by atoms with van der Waals surface area (Å²) in [4.78, 5) is 14.6. The van der Waals surface area contributed by atoms with E-state index in [0.717, 1.165) is 56.3 Å². The highest BCUT2D eigenvalue weighted by Crippen LogP contribution is 2.33. The largest absolute Gasteiger partial charge is 0.299 e. The molecule has 0 radical (unpaired) electrons. The fourth-order valence-corrected chi connectivity index (χ4v) is 3.95. The van der Waals surface area contributed by atoms with Gasteiger partial charge in [-0.05, 0) is 62.4 Å². The highest BCUT2D eigenvalue weighted by atomic mass is 19.1. The number of aryl methyl sites for hydroxylation is 1. The van der Waals surface area contributed by atoms with E-state index in [1.807, 2.05) is 13.0 Å².